The zero-order valence-electron chi connectivity index (χ0n) is 9.79. The Bertz CT molecular complexity index is 195. The Morgan fingerprint density at radius 2 is 1.57 bits per heavy atom. The number of nitrogens with zero attached hydrogens (tertiary/aromatic N) is 2. The van der Waals surface area contributed by atoms with Crippen LogP contribution in [0.2, 0.25) is 0 Å². The van der Waals surface area contributed by atoms with E-state index in [0.717, 1.165) is 18.8 Å². The fraction of sp³-hybridized carbons (Fsp3) is 0.909. The fourth-order valence-electron chi connectivity index (χ4n) is 2.10. The van der Waals surface area contributed by atoms with E-state index in [0.29, 0.717) is 6.04 Å². The second-order valence-corrected chi connectivity index (χ2v) is 4.70. The van der Waals surface area contributed by atoms with Gasteiger partial charge in [0.15, 0.2) is 0 Å². The summed E-state index contributed by atoms with van der Waals surface area (Å²) in [5, 5.41) is 0. The molecule has 1 rings (SSSR count). The van der Waals surface area contributed by atoms with Crippen molar-refractivity contribution in [2.24, 2.45) is 5.92 Å². The van der Waals surface area contributed by atoms with Crippen molar-refractivity contribution in [2.45, 2.75) is 38.6 Å². The smallest absolute Gasteiger partial charge is 0.319 e. The van der Waals surface area contributed by atoms with Crippen LogP contribution in [-0.4, -0.2) is 43.0 Å². The van der Waals surface area contributed by atoms with Crippen LogP contribution in [-0.2, 0) is 0 Å². The molecule has 0 radical (unpaired) electrons. The zero-order valence-corrected chi connectivity index (χ0v) is 9.79. The number of hydrogen-bond acceptors (Lipinski definition) is 1. The Hall–Kier alpha value is -0.730. The van der Waals surface area contributed by atoms with Gasteiger partial charge in [-0.25, -0.2) is 4.79 Å². The van der Waals surface area contributed by atoms with Crippen molar-refractivity contribution in [3.8, 4) is 0 Å². The first-order valence-corrected chi connectivity index (χ1v) is 5.46. The minimum Gasteiger partial charge on any atom is -0.331 e. The van der Waals surface area contributed by atoms with Crippen LogP contribution < -0.4 is 0 Å². The largest absolute Gasteiger partial charge is 0.331 e. The molecule has 1 saturated carbocycles. The number of amides is 2. The first kappa shape index (κ1) is 11.3. The summed E-state index contributed by atoms with van der Waals surface area (Å²) in [4.78, 5) is 15.2. The summed E-state index contributed by atoms with van der Waals surface area (Å²) in [6, 6.07) is 0.589. The molecule has 0 aromatic heterocycles. The van der Waals surface area contributed by atoms with Crippen LogP contribution in [0.15, 0.2) is 0 Å². The highest BCUT2D eigenvalue weighted by Crippen LogP contribution is 2.26. The molecule has 14 heavy (non-hydrogen) atoms. The minimum atomic E-state index is 0.129. The summed E-state index contributed by atoms with van der Waals surface area (Å²) in [5.41, 5.74) is 0. The van der Waals surface area contributed by atoms with Gasteiger partial charge in [0.1, 0.15) is 0 Å². The molecule has 2 amide bonds. The fourth-order valence-corrected chi connectivity index (χ4v) is 2.10. The van der Waals surface area contributed by atoms with Crippen LogP contribution in [0.3, 0.4) is 0 Å². The highest BCUT2D eigenvalue weighted by molar-refractivity contribution is 5.73. The van der Waals surface area contributed by atoms with Crippen LogP contribution in [0.25, 0.3) is 0 Å². The lowest BCUT2D eigenvalue weighted by molar-refractivity contribution is 0.142. The number of rotatable bonds is 1. The lowest BCUT2D eigenvalue weighted by Crippen LogP contribution is -2.44. The zero-order chi connectivity index (χ0) is 10.7. The molecule has 0 aliphatic heterocycles. The van der Waals surface area contributed by atoms with Crippen LogP contribution >= 0.6 is 0 Å². The molecule has 0 unspecified atom stereocenters. The third-order valence-electron chi connectivity index (χ3n) is 3.22. The van der Waals surface area contributed by atoms with Crippen LogP contribution in [0, 0.1) is 5.92 Å². The Morgan fingerprint density at radius 3 is 2.00 bits per heavy atom. The maximum absolute atomic E-state index is 11.7. The van der Waals surface area contributed by atoms with Crippen molar-refractivity contribution in [3.05, 3.63) is 0 Å². The van der Waals surface area contributed by atoms with Crippen molar-refractivity contribution in [1.29, 1.82) is 0 Å². The van der Waals surface area contributed by atoms with E-state index in [9.17, 15) is 4.79 Å². The summed E-state index contributed by atoms with van der Waals surface area (Å²) in [6.45, 7) is 2.30. The van der Waals surface area contributed by atoms with Gasteiger partial charge in [-0.05, 0) is 31.6 Å². The average molecular weight is 198 g/mol. The van der Waals surface area contributed by atoms with Crippen molar-refractivity contribution in [3.63, 3.8) is 0 Å². The van der Waals surface area contributed by atoms with Crippen molar-refractivity contribution in [1.82, 2.24) is 9.80 Å². The van der Waals surface area contributed by atoms with E-state index in [1.54, 1.807) is 4.90 Å². The standard InChI is InChI=1S/C11H22N2O/c1-9-5-7-10(8-6-9)13(4)11(14)12(2)3/h9-10H,5-8H2,1-4H3. The molecule has 0 saturated heterocycles. The topological polar surface area (TPSA) is 23.6 Å². The van der Waals surface area contributed by atoms with E-state index in [-0.39, 0.29) is 6.03 Å². The highest BCUT2D eigenvalue weighted by atomic mass is 16.2. The van der Waals surface area contributed by atoms with Crippen molar-refractivity contribution >= 4 is 6.03 Å². The quantitative estimate of drug-likeness (QED) is 0.633. The van der Waals surface area contributed by atoms with E-state index in [1.807, 2.05) is 26.0 Å². The SMILES string of the molecule is CC1CCC(N(C)C(=O)N(C)C)CC1. The molecule has 0 spiro atoms. The number of hydrogen-bond donors (Lipinski definition) is 0. The maximum atomic E-state index is 11.7. The van der Waals surface area contributed by atoms with Crippen LogP contribution in [0.4, 0.5) is 4.79 Å². The van der Waals surface area contributed by atoms with Gasteiger partial charge in [-0.3, -0.25) is 0 Å². The molecule has 3 heteroatoms. The monoisotopic (exact) mass is 198 g/mol. The molecule has 0 aromatic carbocycles. The Balaban J connectivity index is 2.45. The van der Waals surface area contributed by atoms with Crippen LogP contribution in [0.1, 0.15) is 32.6 Å². The van der Waals surface area contributed by atoms with Gasteiger partial charge in [0.05, 0.1) is 0 Å². The number of carbonyl (C=O) groups is 1. The Morgan fingerprint density at radius 1 is 1.07 bits per heavy atom. The van der Waals surface area contributed by atoms with Gasteiger partial charge < -0.3 is 9.80 Å². The van der Waals surface area contributed by atoms with E-state index in [4.69, 9.17) is 0 Å². The van der Waals surface area contributed by atoms with E-state index >= 15 is 0 Å². The second-order valence-electron chi connectivity index (χ2n) is 4.70. The van der Waals surface area contributed by atoms with E-state index in [1.165, 1.54) is 12.8 Å². The van der Waals surface area contributed by atoms with Crippen molar-refractivity contribution < 1.29 is 4.79 Å². The van der Waals surface area contributed by atoms with Gasteiger partial charge in [0.2, 0.25) is 0 Å². The lowest BCUT2D eigenvalue weighted by atomic mass is 9.87. The van der Waals surface area contributed by atoms with Gasteiger partial charge >= 0.3 is 6.03 Å². The van der Waals surface area contributed by atoms with Crippen molar-refractivity contribution in [2.75, 3.05) is 21.1 Å². The van der Waals surface area contributed by atoms with Gasteiger partial charge in [-0.1, -0.05) is 6.92 Å². The molecular formula is C11H22N2O. The van der Waals surface area contributed by atoms with E-state index < -0.39 is 0 Å². The summed E-state index contributed by atoms with van der Waals surface area (Å²) in [5.74, 6) is 0.842. The third-order valence-corrected chi connectivity index (χ3v) is 3.22. The van der Waals surface area contributed by atoms with Gasteiger partial charge in [0.25, 0.3) is 0 Å². The molecule has 3 nitrogen and oxygen atoms in total. The normalized spacial score (nSPS) is 27.1. The van der Waals surface area contributed by atoms with Crippen LogP contribution in [0.5, 0.6) is 0 Å². The predicted molar refractivity (Wildman–Crippen MR) is 58.3 cm³/mol. The molecule has 1 aliphatic carbocycles. The van der Waals surface area contributed by atoms with Gasteiger partial charge in [-0.2, -0.15) is 0 Å². The Kier molecular flexibility index (Phi) is 3.78. The first-order valence-electron chi connectivity index (χ1n) is 5.46. The van der Waals surface area contributed by atoms with Gasteiger partial charge in [-0.15, -0.1) is 0 Å². The molecule has 0 N–H and O–H groups in total. The second kappa shape index (κ2) is 4.67. The summed E-state index contributed by atoms with van der Waals surface area (Å²) < 4.78 is 0. The Labute approximate surface area is 87.1 Å². The highest BCUT2D eigenvalue weighted by Gasteiger charge is 2.25. The first-order chi connectivity index (χ1) is 6.52. The number of carbonyl (C=O) groups excluding carboxylic acids is 1. The molecule has 0 aromatic rings. The third kappa shape index (κ3) is 2.63. The molecule has 82 valence electrons. The summed E-state index contributed by atoms with van der Waals surface area (Å²) >= 11 is 0. The summed E-state index contributed by atoms with van der Waals surface area (Å²) in [7, 11) is 5.54. The summed E-state index contributed by atoms with van der Waals surface area (Å²) in [6.07, 6.45) is 4.85. The average Bonchev–Trinajstić information content (AvgIpc) is 2.16. The molecule has 0 bridgehead atoms. The minimum absolute atomic E-state index is 0.129. The number of urea groups is 1. The molecular weight excluding hydrogens is 176 g/mol. The van der Waals surface area contributed by atoms with E-state index in [2.05, 4.69) is 6.92 Å². The lowest BCUT2D eigenvalue weighted by Gasteiger charge is -2.34. The predicted octanol–water partition coefficient (Wildman–Crippen LogP) is 2.18. The maximum Gasteiger partial charge on any atom is 0.319 e. The molecule has 0 atom stereocenters. The molecule has 1 aliphatic rings. The molecule has 1 fully saturated rings. The van der Waals surface area contributed by atoms with Gasteiger partial charge in [0, 0.05) is 27.2 Å². The molecule has 0 heterocycles.